The summed E-state index contributed by atoms with van der Waals surface area (Å²) in [6, 6.07) is 0. The topological polar surface area (TPSA) is 46.5 Å². The van der Waals surface area contributed by atoms with Gasteiger partial charge in [-0.05, 0) is 61.1 Å². The molecule has 0 aromatic rings. The molecule has 2 fully saturated rings. The largest absolute Gasteiger partial charge is 0.479 e. The number of carboxylic acids is 1. The number of hydrogen-bond donors (Lipinski definition) is 1. The summed E-state index contributed by atoms with van der Waals surface area (Å²) in [4.78, 5) is 11.1. The highest BCUT2D eigenvalue weighted by Gasteiger charge is 2.55. The van der Waals surface area contributed by atoms with Gasteiger partial charge in [-0.25, -0.2) is 9.18 Å². The van der Waals surface area contributed by atoms with Gasteiger partial charge in [-0.2, -0.15) is 0 Å². The van der Waals surface area contributed by atoms with Crippen LogP contribution in [0.15, 0.2) is 0 Å². The summed E-state index contributed by atoms with van der Waals surface area (Å²) < 4.78 is 21.0. The van der Waals surface area contributed by atoms with Crippen molar-refractivity contribution in [2.45, 2.75) is 97.1 Å². The van der Waals surface area contributed by atoms with Crippen molar-refractivity contribution in [3.63, 3.8) is 0 Å². The molecule has 1 N–H and O–H groups in total. The minimum atomic E-state index is -1.84. The average molecular weight is 373 g/mol. The van der Waals surface area contributed by atoms with E-state index in [-0.39, 0.29) is 22.5 Å². The number of aliphatic carboxylic acids is 1. The third kappa shape index (κ3) is 3.82. The number of carbonyl (C=O) groups is 1. The van der Waals surface area contributed by atoms with Crippen LogP contribution >= 0.6 is 0 Å². The van der Waals surface area contributed by atoms with Gasteiger partial charge in [-0.15, -0.1) is 0 Å². The first-order valence-electron chi connectivity index (χ1n) is 9.86. The second kappa shape index (κ2) is 6.95. The Hall–Kier alpha value is -0.423. The molecule has 0 saturated heterocycles. The molecule has 2 rings (SSSR count). The van der Waals surface area contributed by atoms with Gasteiger partial charge < -0.3 is 9.53 Å². The lowest BCUT2D eigenvalue weighted by Crippen LogP contribution is -2.50. The van der Waals surface area contributed by atoms with Crippen LogP contribution in [0.1, 0.15) is 66.7 Å². The van der Waals surface area contributed by atoms with Crippen LogP contribution in [0.2, 0.25) is 18.1 Å². The molecule has 0 amide bonds. The summed E-state index contributed by atoms with van der Waals surface area (Å²) in [7, 11) is -1.84. The molecule has 2 saturated carbocycles. The summed E-state index contributed by atoms with van der Waals surface area (Å²) in [6.45, 7) is 15.5. The third-order valence-electron chi connectivity index (χ3n) is 7.72. The standard InChI is InChI=1S/C20H37FO3Si/c1-13(17(21)18(22)23)14-10-11-15-16(9-8-12-20(14,15)5)24-25(6,7)19(2,3)4/h13-17H,8-12H2,1-7H3,(H,22,23)/t13?,14-,15+,16+,17?,20-/m1/s1. The monoisotopic (exact) mass is 372 g/mol. The van der Waals surface area contributed by atoms with Crippen LogP contribution in [-0.2, 0) is 9.22 Å². The highest BCUT2D eigenvalue weighted by Crippen LogP contribution is 2.59. The number of hydrogen-bond acceptors (Lipinski definition) is 2. The van der Waals surface area contributed by atoms with E-state index in [1.54, 1.807) is 6.92 Å². The highest BCUT2D eigenvalue weighted by molar-refractivity contribution is 6.74. The maximum Gasteiger partial charge on any atom is 0.338 e. The zero-order chi connectivity index (χ0) is 19.2. The molecule has 25 heavy (non-hydrogen) atoms. The summed E-state index contributed by atoms with van der Waals surface area (Å²) >= 11 is 0. The van der Waals surface area contributed by atoms with Gasteiger partial charge in [0.15, 0.2) is 14.5 Å². The fourth-order valence-corrected chi connectivity index (χ4v) is 6.54. The lowest BCUT2D eigenvalue weighted by molar-refractivity contribution is -0.146. The highest BCUT2D eigenvalue weighted by atomic mass is 28.4. The lowest BCUT2D eigenvalue weighted by atomic mass is 9.61. The fourth-order valence-electron chi connectivity index (χ4n) is 5.15. The number of halogens is 1. The molecular weight excluding hydrogens is 335 g/mol. The second-order valence-corrected chi connectivity index (χ2v) is 15.0. The second-order valence-electron chi connectivity index (χ2n) is 10.2. The predicted molar refractivity (Wildman–Crippen MR) is 102 cm³/mol. The van der Waals surface area contributed by atoms with Gasteiger partial charge in [0.05, 0.1) is 0 Å². The Morgan fingerprint density at radius 1 is 1.28 bits per heavy atom. The Labute approximate surface area is 153 Å². The predicted octanol–water partition coefficient (Wildman–Crippen LogP) is 5.65. The fraction of sp³-hybridized carbons (Fsp3) is 0.950. The van der Waals surface area contributed by atoms with Crippen molar-refractivity contribution in [1.82, 2.24) is 0 Å². The van der Waals surface area contributed by atoms with Gasteiger partial charge in [-0.3, -0.25) is 0 Å². The molecule has 2 unspecified atom stereocenters. The molecule has 2 aliphatic carbocycles. The minimum Gasteiger partial charge on any atom is -0.479 e. The van der Waals surface area contributed by atoms with Crippen LogP contribution in [0.4, 0.5) is 4.39 Å². The van der Waals surface area contributed by atoms with E-state index in [9.17, 15) is 9.18 Å². The Bertz CT molecular complexity index is 502. The molecule has 5 heteroatoms. The van der Waals surface area contributed by atoms with Gasteiger partial charge in [0.1, 0.15) is 0 Å². The molecule has 146 valence electrons. The minimum absolute atomic E-state index is 0.00445. The summed E-state index contributed by atoms with van der Waals surface area (Å²) in [6.07, 6.45) is 3.70. The summed E-state index contributed by atoms with van der Waals surface area (Å²) in [5, 5.41) is 9.27. The molecule has 6 atom stereocenters. The van der Waals surface area contributed by atoms with Crippen LogP contribution in [0.5, 0.6) is 0 Å². The van der Waals surface area contributed by atoms with E-state index in [0.717, 1.165) is 32.1 Å². The first kappa shape index (κ1) is 20.9. The number of rotatable bonds is 5. The Morgan fingerprint density at radius 3 is 2.40 bits per heavy atom. The van der Waals surface area contributed by atoms with E-state index in [1.807, 2.05) is 0 Å². The Kier molecular flexibility index (Phi) is 5.81. The van der Waals surface area contributed by atoms with E-state index >= 15 is 0 Å². The van der Waals surface area contributed by atoms with Gasteiger partial charge in [0.25, 0.3) is 0 Å². The molecule has 0 heterocycles. The van der Waals surface area contributed by atoms with Crippen molar-refractivity contribution in [2.24, 2.45) is 23.2 Å². The number of alkyl halides is 1. The van der Waals surface area contributed by atoms with Crippen LogP contribution in [-0.4, -0.2) is 31.7 Å². The van der Waals surface area contributed by atoms with E-state index < -0.39 is 26.4 Å². The van der Waals surface area contributed by atoms with Crippen molar-refractivity contribution < 1.29 is 18.7 Å². The number of fused-ring (bicyclic) bond motifs is 1. The molecule has 0 bridgehead atoms. The van der Waals surface area contributed by atoms with Crippen LogP contribution in [0.3, 0.4) is 0 Å². The third-order valence-corrected chi connectivity index (χ3v) is 12.2. The van der Waals surface area contributed by atoms with Gasteiger partial charge in [0.2, 0.25) is 0 Å². The average Bonchev–Trinajstić information content (AvgIpc) is 2.82. The lowest BCUT2D eigenvalue weighted by Gasteiger charge is -2.50. The normalized spacial score (nSPS) is 35.9. The first-order chi connectivity index (χ1) is 11.3. The number of carboxylic acid groups (broad SMARTS) is 1. The maximum atomic E-state index is 14.2. The smallest absolute Gasteiger partial charge is 0.338 e. The maximum absolute atomic E-state index is 14.2. The Balaban J connectivity index is 2.20. The molecule has 3 nitrogen and oxygen atoms in total. The summed E-state index contributed by atoms with van der Waals surface area (Å²) in [5.74, 6) is -1.18. The van der Waals surface area contributed by atoms with Crippen LogP contribution in [0.25, 0.3) is 0 Å². The first-order valence-corrected chi connectivity index (χ1v) is 12.8. The molecule has 0 aromatic heterocycles. The summed E-state index contributed by atoms with van der Waals surface area (Å²) in [5.41, 5.74) is 0.00445. The van der Waals surface area contributed by atoms with Crippen molar-refractivity contribution in [2.75, 3.05) is 0 Å². The van der Waals surface area contributed by atoms with Crippen molar-refractivity contribution >= 4 is 14.3 Å². The van der Waals surface area contributed by atoms with E-state index in [4.69, 9.17) is 9.53 Å². The van der Waals surface area contributed by atoms with E-state index in [1.165, 1.54) is 0 Å². The zero-order valence-corrected chi connectivity index (χ0v) is 18.1. The molecule has 0 aromatic carbocycles. The molecule has 0 spiro atoms. The van der Waals surface area contributed by atoms with E-state index in [2.05, 4.69) is 40.8 Å². The van der Waals surface area contributed by atoms with Gasteiger partial charge in [0, 0.05) is 12.0 Å². The Morgan fingerprint density at radius 2 is 1.88 bits per heavy atom. The zero-order valence-electron chi connectivity index (χ0n) is 17.1. The molecular formula is C20H37FO3Si. The van der Waals surface area contributed by atoms with Crippen molar-refractivity contribution in [1.29, 1.82) is 0 Å². The SMILES string of the molecule is CC(C(F)C(=O)O)[C@H]1CC[C@H]2[C@@H](O[Si](C)(C)C(C)(C)C)CCC[C@]12C. The van der Waals surface area contributed by atoms with Gasteiger partial charge in [-0.1, -0.05) is 41.0 Å². The van der Waals surface area contributed by atoms with Crippen LogP contribution < -0.4 is 0 Å². The van der Waals surface area contributed by atoms with E-state index in [0.29, 0.717) is 5.92 Å². The molecule has 0 radical (unpaired) electrons. The van der Waals surface area contributed by atoms with Crippen molar-refractivity contribution in [3.05, 3.63) is 0 Å². The van der Waals surface area contributed by atoms with Gasteiger partial charge >= 0.3 is 5.97 Å². The molecule has 2 aliphatic rings. The van der Waals surface area contributed by atoms with Crippen molar-refractivity contribution in [3.8, 4) is 0 Å². The quantitative estimate of drug-likeness (QED) is 0.634. The molecule has 0 aliphatic heterocycles. The van der Waals surface area contributed by atoms with Crippen LogP contribution in [0, 0.1) is 23.2 Å².